The van der Waals surface area contributed by atoms with Gasteiger partial charge < -0.3 is 0 Å². The second kappa shape index (κ2) is 3.18. The summed E-state index contributed by atoms with van der Waals surface area (Å²) in [4.78, 5) is 7.67. The predicted molar refractivity (Wildman–Crippen MR) is 46.4 cm³/mol. The Hall–Kier alpha value is -0.970. The molecule has 0 bridgehead atoms. The number of aryl methyl sites for hydroxylation is 1. The van der Waals surface area contributed by atoms with E-state index in [0.29, 0.717) is 0 Å². The van der Waals surface area contributed by atoms with Crippen molar-refractivity contribution < 1.29 is 4.57 Å². The van der Waals surface area contributed by atoms with Gasteiger partial charge in [0.25, 0.3) is 7.59 Å². The third-order valence-corrected chi connectivity index (χ3v) is 1.62. The maximum atomic E-state index is 10.9. The quantitative estimate of drug-likeness (QED) is 0.572. The molecule has 5 N–H and O–H groups in total. The molecule has 12 heavy (non-hydrogen) atoms. The van der Waals surface area contributed by atoms with Crippen LogP contribution in [0.5, 0.6) is 0 Å². The first-order valence-corrected chi connectivity index (χ1v) is 5.07. The van der Waals surface area contributed by atoms with Crippen molar-refractivity contribution in [3.05, 3.63) is 18.0 Å². The second-order valence-electron chi connectivity index (χ2n) is 2.34. The zero-order chi connectivity index (χ0) is 9.19. The lowest BCUT2D eigenvalue weighted by atomic mass is 10.5. The summed E-state index contributed by atoms with van der Waals surface area (Å²) in [6, 6.07) is 1.71. The highest BCUT2D eigenvalue weighted by molar-refractivity contribution is 7.60. The van der Waals surface area contributed by atoms with Gasteiger partial charge in [0.05, 0.1) is 0 Å². The van der Waals surface area contributed by atoms with Crippen molar-refractivity contribution in [1.82, 2.24) is 9.97 Å². The lowest BCUT2D eigenvalue weighted by Crippen LogP contribution is -2.14. The molecule has 0 fully saturated rings. The average molecular weight is 187 g/mol. The van der Waals surface area contributed by atoms with Gasteiger partial charge in [-0.2, -0.15) is 0 Å². The van der Waals surface area contributed by atoms with Crippen LogP contribution in [-0.2, 0) is 4.57 Å². The van der Waals surface area contributed by atoms with E-state index in [2.05, 4.69) is 15.1 Å². The molecule has 0 aliphatic carbocycles. The minimum atomic E-state index is -3.28. The lowest BCUT2D eigenvalue weighted by molar-refractivity contribution is 0.580. The van der Waals surface area contributed by atoms with Crippen molar-refractivity contribution in [2.45, 2.75) is 6.92 Å². The largest absolute Gasteiger partial charge is 0.300 e. The van der Waals surface area contributed by atoms with E-state index in [-0.39, 0.29) is 5.95 Å². The molecule has 1 heterocycles. The molecule has 0 amide bonds. The molecule has 0 saturated carbocycles. The molecular weight excluding hydrogens is 177 g/mol. The molecule has 0 aromatic carbocycles. The number of nitrogens with two attached hydrogens (primary N) is 2. The van der Waals surface area contributed by atoms with Crippen molar-refractivity contribution in [2.24, 2.45) is 11.0 Å². The van der Waals surface area contributed by atoms with Gasteiger partial charge >= 0.3 is 0 Å². The normalized spacial score (nSPS) is 11.2. The monoisotopic (exact) mass is 187 g/mol. The highest BCUT2D eigenvalue weighted by Gasteiger charge is 2.08. The third kappa shape index (κ3) is 2.96. The Morgan fingerprint density at radius 3 is 2.75 bits per heavy atom. The van der Waals surface area contributed by atoms with E-state index in [4.69, 9.17) is 11.0 Å². The topological polar surface area (TPSA) is 107 Å². The van der Waals surface area contributed by atoms with Gasteiger partial charge in [-0.3, -0.25) is 20.7 Å². The fraction of sp³-hybridized carbons (Fsp3) is 0.200. The fourth-order valence-corrected chi connectivity index (χ4v) is 1.08. The Morgan fingerprint density at radius 1 is 1.58 bits per heavy atom. The SMILES string of the molecule is Cc1ccnc(NP(N)(N)=O)n1. The van der Waals surface area contributed by atoms with E-state index in [1.807, 2.05) is 0 Å². The number of hydrogen-bond donors (Lipinski definition) is 3. The molecule has 0 atom stereocenters. The van der Waals surface area contributed by atoms with E-state index in [0.717, 1.165) is 5.69 Å². The Balaban J connectivity index is 2.84. The van der Waals surface area contributed by atoms with E-state index >= 15 is 0 Å². The summed E-state index contributed by atoms with van der Waals surface area (Å²) in [5, 5.41) is 2.31. The fourth-order valence-electron chi connectivity index (χ4n) is 0.659. The Bertz CT molecular complexity index is 321. The highest BCUT2D eigenvalue weighted by atomic mass is 31.2. The molecule has 0 aliphatic heterocycles. The molecule has 6 nitrogen and oxygen atoms in total. The molecule has 0 radical (unpaired) electrons. The van der Waals surface area contributed by atoms with Gasteiger partial charge in [0.1, 0.15) is 0 Å². The maximum absolute atomic E-state index is 10.9. The van der Waals surface area contributed by atoms with Crippen LogP contribution in [-0.4, -0.2) is 9.97 Å². The van der Waals surface area contributed by atoms with Gasteiger partial charge in [-0.15, -0.1) is 0 Å². The van der Waals surface area contributed by atoms with Crippen LogP contribution in [0.25, 0.3) is 0 Å². The molecule has 66 valence electrons. The predicted octanol–water partition coefficient (Wildman–Crippen LogP) is 0.222. The van der Waals surface area contributed by atoms with E-state index in [9.17, 15) is 4.57 Å². The highest BCUT2D eigenvalue weighted by Crippen LogP contribution is 2.24. The molecule has 0 spiro atoms. The summed E-state index contributed by atoms with van der Waals surface area (Å²) in [6.45, 7) is 1.78. The molecule has 0 unspecified atom stereocenters. The summed E-state index contributed by atoms with van der Waals surface area (Å²) in [6.07, 6.45) is 1.53. The number of rotatable bonds is 2. The second-order valence-corrected chi connectivity index (χ2v) is 3.99. The summed E-state index contributed by atoms with van der Waals surface area (Å²) in [5.41, 5.74) is 10.9. The van der Waals surface area contributed by atoms with Gasteiger partial charge in [-0.05, 0) is 13.0 Å². The summed E-state index contributed by atoms with van der Waals surface area (Å²) in [5.74, 6) is 0.184. The van der Waals surface area contributed by atoms with E-state index in [1.54, 1.807) is 13.0 Å². The summed E-state index contributed by atoms with van der Waals surface area (Å²) < 4.78 is 10.9. The van der Waals surface area contributed by atoms with Crippen molar-refractivity contribution >= 4 is 13.5 Å². The molecule has 1 aromatic heterocycles. The van der Waals surface area contributed by atoms with Crippen LogP contribution in [0.3, 0.4) is 0 Å². The van der Waals surface area contributed by atoms with Crippen LogP contribution in [0.15, 0.2) is 12.3 Å². The summed E-state index contributed by atoms with van der Waals surface area (Å²) in [7, 11) is -3.28. The standard InChI is InChI=1S/C5H10N5OP/c1-4-2-3-8-5(9-4)10-12(6,7)11/h2-3H,1H3,(H5,6,7,8,9,10,11). The van der Waals surface area contributed by atoms with Gasteiger partial charge in [-0.25, -0.2) is 9.97 Å². The van der Waals surface area contributed by atoms with Gasteiger partial charge in [0, 0.05) is 11.9 Å². The third-order valence-electron chi connectivity index (χ3n) is 1.07. The number of aromatic nitrogens is 2. The average Bonchev–Trinajstić information content (AvgIpc) is 1.82. The van der Waals surface area contributed by atoms with Crippen LogP contribution in [0.4, 0.5) is 5.95 Å². The molecule has 1 aromatic rings. The van der Waals surface area contributed by atoms with E-state index in [1.165, 1.54) is 6.20 Å². The van der Waals surface area contributed by atoms with Gasteiger partial charge in [0.15, 0.2) is 0 Å². The zero-order valence-electron chi connectivity index (χ0n) is 6.56. The molecule has 7 heteroatoms. The number of anilines is 1. The van der Waals surface area contributed by atoms with Crippen molar-refractivity contribution in [1.29, 1.82) is 0 Å². The van der Waals surface area contributed by atoms with Crippen molar-refractivity contribution in [3.8, 4) is 0 Å². The van der Waals surface area contributed by atoms with Gasteiger partial charge in [-0.1, -0.05) is 0 Å². The van der Waals surface area contributed by atoms with Crippen LogP contribution >= 0.6 is 7.59 Å². The van der Waals surface area contributed by atoms with Crippen LogP contribution in [0.2, 0.25) is 0 Å². The Morgan fingerprint density at radius 2 is 2.25 bits per heavy atom. The molecule has 0 saturated heterocycles. The Kier molecular flexibility index (Phi) is 2.42. The zero-order valence-corrected chi connectivity index (χ0v) is 7.45. The Labute approximate surface area is 69.9 Å². The molecule has 0 aliphatic rings. The van der Waals surface area contributed by atoms with Crippen molar-refractivity contribution in [3.63, 3.8) is 0 Å². The molecule has 1 rings (SSSR count). The van der Waals surface area contributed by atoms with Gasteiger partial charge in [0.2, 0.25) is 5.95 Å². The number of nitrogens with zero attached hydrogens (tertiary/aromatic N) is 2. The van der Waals surface area contributed by atoms with Crippen LogP contribution < -0.4 is 16.1 Å². The first-order chi connectivity index (χ1) is 5.47. The summed E-state index contributed by atoms with van der Waals surface area (Å²) >= 11 is 0. The molecular formula is C5H10N5OP. The minimum Gasteiger partial charge on any atom is -0.281 e. The minimum absolute atomic E-state index is 0.184. The lowest BCUT2D eigenvalue weighted by Gasteiger charge is -2.07. The maximum Gasteiger partial charge on any atom is 0.300 e. The number of nitrogens with one attached hydrogen (secondary N) is 1. The van der Waals surface area contributed by atoms with Crippen LogP contribution in [0, 0.1) is 6.92 Å². The van der Waals surface area contributed by atoms with Crippen LogP contribution in [0.1, 0.15) is 5.69 Å². The van der Waals surface area contributed by atoms with E-state index < -0.39 is 7.59 Å². The van der Waals surface area contributed by atoms with Crippen molar-refractivity contribution in [2.75, 3.05) is 5.09 Å². The number of hydrogen-bond acceptors (Lipinski definition) is 3. The first-order valence-electron chi connectivity index (χ1n) is 3.22. The first kappa shape index (κ1) is 9.12. The smallest absolute Gasteiger partial charge is 0.281 e.